The zero-order chi connectivity index (χ0) is 14.7. The molecule has 2 aromatic carbocycles. The Hall–Kier alpha value is -1.80. The van der Waals surface area contributed by atoms with Crippen molar-refractivity contribution in [2.75, 3.05) is 5.32 Å². The first kappa shape index (κ1) is 14.6. The van der Waals surface area contributed by atoms with E-state index in [2.05, 4.69) is 5.32 Å². The van der Waals surface area contributed by atoms with E-state index in [1.165, 1.54) is 0 Å². The number of nitrogens with one attached hydrogen (secondary N) is 1. The van der Waals surface area contributed by atoms with Crippen LogP contribution >= 0.6 is 11.6 Å². The van der Waals surface area contributed by atoms with Crippen LogP contribution in [0.5, 0.6) is 0 Å². The quantitative estimate of drug-likeness (QED) is 0.821. The van der Waals surface area contributed by atoms with Crippen LogP contribution in [0.25, 0.3) is 0 Å². The van der Waals surface area contributed by atoms with E-state index in [-0.39, 0.29) is 5.91 Å². The predicted octanol–water partition coefficient (Wildman–Crippen LogP) is 4.60. The summed E-state index contributed by atoms with van der Waals surface area (Å²) < 4.78 is 0. The van der Waals surface area contributed by atoms with E-state index in [9.17, 15) is 4.79 Å². The highest BCUT2D eigenvalue weighted by atomic mass is 35.5. The number of para-hydroxylation sites is 1. The van der Waals surface area contributed by atoms with Gasteiger partial charge in [0.15, 0.2) is 0 Å². The minimum Gasteiger partial charge on any atom is -0.322 e. The maximum absolute atomic E-state index is 12.5. The zero-order valence-corrected chi connectivity index (χ0v) is 12.7. The summed E-state index contributed by atoms with van der Waals surface area (Å²) in [7, 11) is 0. The van der Waals surface area contributed by atoms with Crippen LogP contribution in [-0.4, -0.2) is 5.91 Å². The molecule has 20 heavy (non-hydrogen) atoms. The molecule has 1 N–H and O–H groups in total. The monoisotopic (exact) mass is 287 g/mol. The fourth-order valence-electron chi connectivity index (χ4n) is 2.48. The second kappa shape index (κ2) is 6.10. The highest BCUT2D eigenvalue weighted by Crippen LogP contribution is 2.21. The molecule has 0 atom stereocenters. The molecule has 0 heterocycles. The van der Waals surface area contributed by atoms with Crippen molar-refractivity contribution in [2.24, 2.45) is 0 Å². The van der Waals surface area contributed by atoms with Crippen LogP contribution in [-0.2, 0) is 5.88 Å². The second-order valence-corrected chi connectivity index (χ2v) is 5.29. The summed E-state index contributed by atoms with van der Waals surface area (Å²) in [5.41, 5.74) is 5.57. The molecule has 0 aliphatic heterocycles. The van der Waals surface area contributed by atoms with Gasteiger partial charge in [0, 0.05) is 17.1 Å². The average molecular weight is 288 g/mol. The maximum Gasteiger partial charge on any atom is 0.256 e. The molecule has 0 aliphatic carbocycles. The molecule has 0 saturated carbocycles. The normalized spacial score (nSPS) is 10.4. The fraction of sp³-hybridized carbons (Fsp3) is 0.235. The van der Waals surface area contributed by atoms with Crippen LogP contribution in [0.3, 0.4) is 0 Å². The van der Waals surface area contributed by atoms with E-state index in [4.69, 9.17) is 11.6 Å². The van der Waals surface area contributed by atoms with E-state index >= 15 is 0 Å². The van der Waals surface area contributed by atoms with Gasteiger partial charge < -0.3 is 5.32 Å². The first-order valence-electron chi connectivity index (χ1n) is 6.56. The highest BCUT2D eigenvalue weighted by molar-refractivity contribution is 6.17. The highest BCUT2D eigenvalue weighted by Gasteiger charge is 2.14. The van der Waals surface area contributed by atoms with Crippen molar-refractivity contribution < 1.29 is 4.79 Å². The Balaban J connectivity index is 2.34. The van der Waals surface area contributed by atoms with Gasteiger partial charge in [0.2, 0.25) is 0 Å². The summed E-state index contributed by atoms with van der Waals surface area (Å²) >= 11 is 5.89. The molecule has 0 spiro atoms. The first-order chi connectivity index (χ1) is 9.52. The molecule has 2 rings (SSSR count). The Bertz CT molecular complexity index is 626. The molecule has 3 heteroatoms. The molecule has 2 aromatic rings. The third-order valence-electron chi connectivity index (χ3n) is 3.31. The molecule has 1 amide bonds. The number of carbonyl (C=O) groups is 1. The lowest BCUT2D eigenvalue weighted by Crippen LogP contribution is -2.16. The average Bonchev–Trinajstić information content (AvgIpc) is 2.38. The second-order valence-electron chi connectivity index (χ2n) is 5.02. The predicted molar refractivity (Wildman–Crippen MR) is 84.6 cm³/mol. The molecule has 0 aliphatic rings. The number of amides is 1. The van der Waals surface area contributed by atoms with E-state index in [0.717, 1.165) is 33.5 Å². The number of rotatable bonds is 3. The zero-order valence-electron chi connectivity index (χ0n) is 12.0. The summed E-state index contributed by atoms with van der Waals surface area (Å²) in [5, 5.41) is 2.96. The van der Waals surface area contributed by atoms with Gasteiger partial charge in [-0.05, 0) is 43.5 Å². The van der Waals surface area contributed by atoms with Gasteiger partial charge in [-0.15, -0.1) is 11.6 Å². The van der Waals surface area contributed by atoms with Gasteiger partial charge in [0.05, 0.1) is 0 Å². The largest absolute Gasteiger partial charge is 0.322 e. The topological polar surface area (TPSA) is 29.1 Å². The number of alkyl halides is 1. The summed E-state index contributed by atoms with van der Waals surface area (Å²) in [6.45, 7) is 5.95. The number of hydrogen-bond acceptors (Lipinski definition) is 1. The van der Waals surface area contributed by atoms with Gasteiger partial charge in [0.1, 0.15) is 0 Å². The van der Waals surface area contributed by atoms with Crippen molar-refractivity contribution in [1.82, 2.24) is 0 Å². The van der Waals surface area contributed by atoms with Crippen LogP contribution in [0, 0.1) is 20.8 Å². The molecular weight excluding hydrogens is 270 g/mol. The van der Waals surface area contributed by atoms with Crippen LogP contribution in [0.1, 0.15) is 32.6 Å². The summed E-state index contributed by atoms with van der Waals surface area (Å²) in [6.07, 6.45) is 0. The third-order valence-corrected chi connectivity index (χ3v) is 3.60. The van der Waals surface area contributed by atoms with Crippen LogP contribution < -0.4 is 5.32 Å². The number of anilines is 1. The Kier molecular flexibility index (Phi) is 4.46. The number of aryl methyl sites for hydroxylation is 3. The van der Waals surface area contributed by atoms with E-state index in [1.54, 1.807) is 0 Å². The SMILES string of the molecule is Cc1cc(C)c(C(=O)Nc2ccccc2CCl)c(C)c1. The Morgan fingerprint density at radius 3 is 2.30 bits per heavy atom. The lowest BCUT2D eigenvalue weighted by atomic mass is 9.99. The van der Waals surface area contributed by atoms with Crippen LogP contribution in [0.15, 0.2) is 36.4 Å². The van der Waals surface area contributed by atoms with Crippen molar-refractivity contribution >= 4 is 23.2 Å². The van der Waals surface area contributed by atoms with E-state index in [1.807, 2.05) is 57.2 Å². The van der Waals surface area contributed by atoms with Gasteiger partial charge in [-0.25, -0.2) is 0 Å². The summed E-state index contributed by atoms with van der Waals surface area (Å²) in [4.78, 5) is 12.5. The lowest BCUT2D eigenvalue weighted by molar-refractivity contribution is 0.102. The van der Waals surface area contributed by atoms with Crippen LogP contribution in [0.4, 0.5) is 5.69 Å². The molecular formula is C17H18ClNO. The fourth-order valence-corrected chi connectivity index (χ4v) is 2.71. The minimum absolute atomic E-state index is 0.0856. The summed E-state index contributed by atoms with van der Waals surface area (Å²) in [6, 6.07) is 11.6. The summed E-state index contributed by atoms with van der Waals surface area (Å²) in [5.74, 6) is 0.292. The van der Waals surface area contributed by atoms with Gasteiger partial charge in [-0.1, -0.05) is 35.9 Å². The molecule has 104 valence electrons. The molecule has 0 bridgehead atoms. The molecule has 2 nitrogen and oxygen atoms in total. The first-order valence-corrected chi connectivity index (χ1v) is 7.09. The number of halogens is 1. The van der Waals surface area contributed by atoms with Crippen molar-refractivity contribution in [3.63, 3.8) is 0 Å². The molecule has 0 aromatic heterocycles. The molecule has 0 unspecified atom stereocenters. The number of benzene rings is 2. The Labute approximate surface area is 124 Å². The van der Waals surface area contributed by atoms with Gasteiger partial charge in [0.25, 0.3) is 5.91 Å². The van der Waals surface area contributed by atoms with Gasteiger partial charge >= 0.3 is 0 Å². The Morgan fingerprint density at radius 1 is 1.10 bits per heavy atom. The smallest absolute Gasteiger partial charge is 0.256 e. The molecule has 0 fully saturated rings. The molecule has 0 saturated heterocycles. The van der Waals surface area contributed by atoms with Crippen LogP contribution in [0.2, 0.25) is 0 Å². The Morgan fingerprint density at radius 2 is 1.70 bits per heavy atom. The van der Waals surface area contributed by atoms with Crippen molar-refractivity contribution in [1.29, 1.82) is 0 Å². The van der Waals surface area contributed by atoms with E-state index in [0.29, 0.717) is 5.88 Å². The van der Waals surface area contributed by atoms with Gasteiger partial charge in [-0.3, -0.25) is 4.79 Å². The van der Waals surface area contributed by atoms with Crippen molar-refractivity contribution in [3.05, 3.63) is 64.2 Å². The number of carbonyl (C=O) groups excluding carboxylic acids is 1. The maximum atomic E-state index is 12.5. The van der Waals surface area contributed by atoms with Gasteiger partial charge in [-0.2, -0.15) is 0 Å². The number of hydrogen-bond donors (Lipinski definition) is 1. The standard InChI is InChI=1S/C17H18ClNO/c1-11-8-12(2)16(13(3)9-11)17(20)19-15-7-5-4-6-14(15)10-18/h4-9H,10H2,1-3H3,(H,19,20). The lowest BCUT2D eigenvalue weighted by Gasteiger charge is -2.13. The van der Waals surface area contributed by atoms with E-state index < -0.39 is 0 Å². The van der Waals surface area contributed by atoms with Crippen molar-refractivity contribution in [2.45, 2.75) is 26.7 Å². The van der Waals surface area contributed by atoms with Crippen molar-refractivity contribution in [3.8, 4) is 0 Å². The third kappa shape index (κ3) is 3.02. The minimum atomic E-state index is -0.0856. The molecule has 0 radical (unpaired) electrons.